The molecule has 3 rings (SSSR count). The van der Waals surface area contributed by atoms with Crippen molar-refractivity contribution in [3.05, 3.63) is 54.0 Å². The number of benzene rings is 1. The van der Waals surface area contributed by atoms with Crippen LogP contribution in [0.1, 0.15) is 31.2 Å². The Morgan fingerprint density at radius 1 is 1.15 bits per heavy atom. The molecule has 0 aliphatic heterocycles. The molecule has 0 atom stereocenters. The van der Waals surface area contributed by atoms with E-state index in [2.05, 4.69) is 10.3 Å². The van der Waals surface area contributed by atoms with E-state index in [0.717, 1.165) is 31.2 Å². The lowest BCUT2D eigenvalue weighted by Gasteiger charge is -2.28. The summed E-state index contributed by atoms with van der Waals surface area (Å²) in [5.41, 5.74) is 0.866. The molecule has 1 heterocycles. The van der Waals surface area contributed by atoms with Gasteiger partial charge in [0, 0.05) is 13.2 Å². The van der Waals surface area contributed by atoms with Gasteiger partial charge in [-0.05, 0) is 36.6 Å². The van der Waals surface area contributed by atoms with E-state index in [0.29, 0.717) is 24.8 Å². The summed E-state index contributed by atoms with van der Waals surface area (Å²) >= 11 is 0. The summed E-state index contributed by atoms with van der Waals surface area (Å²) in [4.78, 5) is 17.2. The summed E-state index contributed by atoms with van der Waals surface area (Å²) in [6.07, 6.45) is 5.06. The van der Waals surface area contributed by atoms with Crippen molar-refractivity contribution in [1.29, 1.82) is 0 Å². The van der Waals surface area contributed by atoms with Crippen molar-refractivity contribution in [2.75, 3.05) is 25.6 Å². The van der Waals surface area contributed by atoms with Gasteiger partial charge in [0.15, 0.2) is 0 Å². The lowest BCUT2D eigenvalue weighted by Crippen LogP contribution is -2.38. The van der Waals surface area contributed by atoms with Crippen molar-refractivity contribution in [2.24, 2.45) is 0 Å². The monoisotopic (exact) mass is 358 g/mol. The van der Waals surface area contributed by atoms with E-state index in [1.54, 1.807) is 37.6 Å². The number of hydrogen-bond donors (Lipinski definition) is 1. The molecule has 0 radical (unpaired) electrons. The number of nitrogens with zero attached hydrogens (tertiary/aromatic N) is 1. The first kappa shape index (κ1) is 18.3. The Hall–Kier alpha value is -2.47. The van der Waals surface area contributed by atoms with Gasteiger partial charge in [0.05, 0.1) is 23.9 Å². The number of hydrogen-bond acceptors (Lipinski definition) is 4. The third-order valence-corrected chi connectivity index (χ3v) is 4.82. The van der Waals surface area contributed by atoms with Crippen molar-refractivity contribution < 1.29 is 18.7 Å². The third-order valence-electron chi connectivity index (χ3n) is 4.82. The fourth-order valence-electron chi connectivity index (χ4n) is 3.41. The number of anilines is 1. The van der Waals surface area contributed by atoms with Crippen molar-refractivity contribution in [1.82, 2.24) is 4.98 Å². The number of halogens is 1. The van der Waals surface area contributed by atoms with Gasteiger partial charge in [0.1, 0.15) is 12.4 Å². The number of pyridine rings is 1. The molecule has 1 aliphatic carbocycles. The number of amides is 1. The summed E-state index contributed by atoms with van der Waals surface area (Å²) in [7, 11) is 1.61. The van der Waals surface area contributed by atoms with Crippen LogP contribution in [-0.4, -0.2) is 31.2 Å². The van der Waals surface area contributed by atoms with Crippen molar-refractivity contribution in [3.63, 3.8) is 0 Å². The Labute approximate surface area is 152 Å². The average molecular weight is 358 g/mol. The van der Waals surface area contributed by atoms with Gasteiger partial charge in [-0.2, -0.15) is 0 Å². The van der Waals surface area contributed by atoms with Crippen LogP contribution < -0.4 is 10.1 Å². The summed E-state index contributed by atoms with van der Waals surface area (Å²) in [5.74, 6) is 0.112. The number of ether oxygens (including phenoxy) is 2. The van der Waals surface area contributed by atoms with Gasteiger partial charge in [0.25, 0.3) is 0 Å². The van der Waals surface area contributed by atoms with Crippen molar-refractivity contribution in [3.8, 4) is 5.88 Å². The molecule has 1 amide bonds. The second-order valence-corrected chi connectivity index (χ2v) is 6.48. The Kier molecular flexibility index (Phi) is 5.83. The fourth-order valence-corrected chi connectivity index (χ4v) is 3.41. The van der Waals surface area contributed by atoms with Gasteiger partial charge in [0.2, 0.25) is 11.8 Å². The Morgan fingerprint density at radius 2 is 1.88 bits per heavy atom. The number of aromatic nitrogens is 1. The van der Waals surface area contributed by atoms with Gasteiger partial charge in [-0.15, -0.1) is 0 Å². The first-order valence-electron chi connectivity index (χ1n) is 8.79. The van der Waals surface area contributed by atoms with E-state index >= 15 is 0 Å². The van der Waals surface area contributed by atoms with E-state index in [-0.39, 0.29) is 11.7 Å². The molecular formula is C20H23FN2O3. The normalized spacial score (nSPS) is 15.6. The molecular weight excluding hydrogens is 335 g/mol. The van der Waals surface area contributed by atoms with Crippen LogP contribution in [0.3, 0.4) is 0 Å². The quantitative estimate of drug-likeness (QED) is 0.767. The van der Waals surface area contributed by atoms with Crippen LogP contribution in [-0.2, 0) is 14.9 Å². The number of methoxy groups -OCH3 is 1. The molecule has 1 aliphatic rings. The van der Waals surface area contributed by atoms with Gasteiger partial charge < -0.3 is 14.8 Å². The minimum atomic E-state index is -0.610. The molecule has 138 valence electrons. The topological polar surface area (TPSA) is 60.5 Å². The molecule has 1 aromatic heterocycles. The van der Waals surface area contributed by atoms with Gasteiger partial charge in [-0.3, -0.25) is 4.79 Å². The lowest BCUT2D eigenvalue weighted by molar-refractivity contribution is -0.121. The predicted octanol–water partition coefficient (Wildman–Crippen LogP) is 3.70. The van der Waals surface area contributed by atoms with Crippen LogP contribution in [0, 0.1) is 5.82 Å². The Balaban J connectivity index is 1.71. The molecule has 26 heavy (non-hydrogen) atoms. The van der Waals surface area contributed by atoms with Crippen LogP contribution in [0.15, 0.2) is 42.6 Å². The number of carbonyl (C=O) groups excluding carboxylic acids is 1. The molecule has 0 unspecified atom stereocenters. The highest BCUT2D eigenvalue weighted by Crippen LogP contribution is 2.42. The number of carbonyl (C=O) groups is 1. The highest BCUT2D eigenvalue weighted by Gasteiger charge is 2.42. The van der Waals surface area contributed by atoms with Gasteiger partial charge in [-0.25, -0.2) is 9.37 Å². The maximum Gasteiger partial charge on any atom is 0.235 e. The second-order valence-electron chi connectivity index (χ2n) is 6.48. The van der Waals surface area contributed by atoms with Crippen LogP contribution in [0.5, 0.6) is 5.88 Å². The summed E-state index contributed by atoms with van der Waals surface area (Å²) in [6, 6.07) is 9.73. The maximum atomic E-state index is 13.3. The first-order chi connectivity index (χ1) is 12.6. The van der Waals surface area contributed by atoms with Crippen LogP contribution in [0.25, 0.3) is 0 Å². The summed E-state index contributed by atoms with van der Waals surface area (Å²) < 4.78 is 23.6. The largest absolute Gasteiger partial charge is 0.475 e. The van der Waals surface area contributed by atoms with Crippen molar-refractivity contribution in [2.45, 2.75) is 31.1 Å². The Morgan fingerprint density at radius 3 is 2.50 bits per heavy atom. The van der Waals surface area contributed by atoms with Gasteiger partial charge >= 0.3 is 0 Å². The minimum absolute atomic E-state index is 0.0727. The molecule has 0 bridgehead atoms. The van der Waals surface area contributed by atoms with E-state index in [1.165, 1.54) is 12.1 Å². The molecule has 1 fully saturated rings. The smallest absolute Gasteiger partial charge is 0.235 e. The molecule has 6 heteroatoms. The van der Waals surface area contributed by atoms with Crippen molar-refractivity contribution >= 4 is 11.6 Å². The molecule has 1 N–H and O–H groups in total. The Bertz CT molecular complexity index is 726. The number of nitrogens with one attached hydrogen (secondary N) is 1. The molecule has 0 spiro atoms. The third kappa shape index (κ3) is 4.02. The standard InChI is InChI=1S/C20H23FN2O3/c1-25-12-13-26-18-9-8-17(14-22-18)23-19(24)20(10-2-3-11-20)15-4-6-16(21)7-5-15/h4-9,14H,2-3,10-13H2,1H3,(H,23,24). The van der Waals surface area contributed by atoms with Crippen LogP contribution >= 0.6 is 0 Å². The average Bonchev–Trinajstić information content (AvgIpc) is 3.15. The summed E-state index contributed by atoms with van der Waals surface area (Å²) in [6.45, 7) is 0.906. The molecule has 1 saturated carbocycles. The zero-order valence-corrected chi connectivity index (χ0v) is 14.8. The van der Waals surface area contributed by atoms with E-state index in [9.17, 15) is 9.18 Å². The SMILES string of the molecule is COCCOc1ccc(NC(=O)C2(c3ccc(F)cc3)CCCC2)cn1. The van der Waals surface area contributed by atoms with E-state index in [1.807, 2.05) is 0 Å². The first-order valence-corrected chi connectivity index (χ1v) is 8.79. The zero-order chi connectivity index (χ0) is 18.4. The molecule has 2 aromatic rings. The second kappa shape index (κ2) is 8.27. The minimum Gasteiger partial charge on any atom is -0.475 e. The van der Waals surface area contributed by atoms with Gasteiger partial charge in [-0.1, -0.05) is 25.0 Å². The molecule has 1 aromatic carbocycles. The van der Waals surface area contributed by atoms with Crippen LogP contribution in [0.2, 0.25) is 0 Å². The maximum absolute atomic E-state index is 13.3. The lowest BCUT2D eigenvalue weighted by atomic mass is 9.78. The number of rotatable bonds is 7. The predicted molar refractivity (Wildman–Crippen MR) is 96.8 cm³/mol. The highest BCUT2D eigenvalue weighted by atomic mass is 19.1. The van der Waals surface area contributed by atoms with Crippen LogP contribution in [0.4, 0.5) is 10.1 Å². The fraction of sp³-hybridized carbons (Fsp3) is 0.400. The zero-order valence-electron chi connectivity index (χ0n) is 14.8. The summed E-state index contributed by atoms with van der Waals surface area (Å²) in [5, 5.41) is 2.96. The highest BCUT2D eigenvalue weighted by molar-refractivity contribution is 5.99. The van der Waals surface area contributed by atoms with E-state index < -0.39 is 5.41 Å². The molecule has 0 saturated heterocycles. The molecule has 5 nitrogen and oxygen atoms in total. The van der Waals surface area contributed by atoms with E-state index in [4.69, 9.17) is 9.47 Å².